The molecule has 0 fully saturated rings. The second kappa shape index (κ2) is 5.85. The molecule has 116 valence electrons. The summed E-state index contributed by atoms with van der Waals surface area (Å²) in [5.41, 5.74) is -2.16. The number of rotatable bonds is 5. The number of alkyl halides is 5. The van der Waals surface area contributed by atoms with Crippen LogP contribution in [0.1, 0.15) is 17.6 Å². The molecular weight excluding hydrogens is 311 g/mol. The van der Waals surface area contributed by atoms with Crippen molar-refractivity contribution in [3.8, 4) is 5.88 Å². The second-order valence-electron chi connectivity index (χ2n) is 3.54. The Bertz CT molecular complexity index is 574. The predicted molar refractivity (Wildman–Crippen MR) is 53.9 cm³/mol. The molecule has 0 saturated carbocycles. The van der Waals surface area contributed by atoms with Gasteiger partial charge in [-0.25, -0.2) is 8.78 Å². The Balaban J connectivity index is 3.46. The summed E-state index contributed by atoms with van der Waals surface area (Å²) < 4.78 is 64.7. The maximum atomic E-state index is 12.6. The van der Waals surface area contributed by atoms with Gasteiger partial charge in [-0.3, -0.25) is 4.79 Å². The van der Waals surface area contributed by atoms with Gasteiger partial charge in [-0.2, -0.15) is 0 Å². The first-order valence-corrected chi connectivity index (χ1v) is 4.95. The van der Waals surface area contributed by atoms with Crippen molar-refractivity contribution in [3.63, 3.8) is 0 Å². The van der Waals surface area contributed by atoms with Crippen molar-refractivity contribution < 1.29 is 41.5 Å². The van der Waals surface area contributed by atoms with Crippen molar-refractivity contribution in [2.45, 2.75) is 19.2 Å². The average Bonchev–Trinajstić information content (AvgIpc) is 2.27. The van der Waals surface area contributed by atoms with Gasteiger partial charge in [-0.1, -0.05) is 0 Å². The Hall–Kier alpha value is -2.53. The second-order valence-corrected chi connectivity index (χ2v) is 3.54. The largest absolute Gasteiger partial charge is 0.575 e. The normalized spacial score (nSPS) is 11.5. The van der Waals surface area contributed by atoms with Crippen molar-refractivity contribution in [3.05, 3.63) is 27.3 Å². The number of aromatic nitrogens is 1. The van der Waals surface area contributed by atoms with Crippen LogP contribution in [0.4, 0.5) is 27.8 Å². The number of carboxylic acid groups (broad SMARTS) is 1. The van der Waals surface area contributed by atoms with Crippen LogP contribution in [0, 0.1) is 10.1 Å². The summed E-state index contributed by atoms with van der Waals surface area (Å²) in [5, 5.41) is 19.1. The molecule has 0 amide bonds. The number of hydrogen-bond donors (Lipinski definition) is 1. The Morgan fingerprint density at radius 2 is 2.05 bits per heavy atom. The molecule has 0 aromatic carbocycles. The molecule has 0 aliphatic rings. The molecule has 0 atom stereocenters. The molecule has 1 aromatic heterocycles. The lowest BCUT2D eigenvalue weighted by Gasteiger charge is -2.10. The quantitative estimate of drug-likeness (QED) is 0.508. The fraction of sp³-hybridized carbons (Fsp3) is 0.333. The van der Waals surface area contributed by atoms with Crippen LogP contribution in [0.2, 0.25) is 0 Å². The SMILES string of the molecule is O=C(O)Cc1cc(C(F)F)c(OC(F)(F)F)nc1[N+](=O)[O-]. The van der Waals surface area contributed by atoms with E-state index in [4.69, 9.17) is 5.11 Å². The van der Waals surface area contributed by atoms with Crippen molar-refractivity contribution in [1.29, 1.82) is 0 Å². The van der Waals surface area contributed by atoms with Gasteiger partial charge in [-0.15, -0.1) is 13.2 Å². The number of nitrogens with zero attached hydrogens (tertiary/aromatic N) is 2. The van der Waals surface area contributed by atoms with Gasteiger partial charge in [0.25, 0.3) is 6.43 Å². The highest BCUT2D eigenvalue weighted by Crippen LogP contribution is 2.35. The first-order chi connectivity index (χ1) is 9.51. The van der Waals surface area contributed by atoms with Crippen LogP contribution in [0.3, 0.4) is 0 Å². The van der Waals surface area contributed by atoms with Crippen molar-refractivity contribution >= 4 is 11.8 Å². The molecule has 0 aliphatic heterocycles. The maximum absolute atomic E-state index is 12.6. The Morgan fingerprint density at radius 1 is 1.48 bits per heavy atom. The van der Waals surface area contributed by atoms with Gasteiger partial charge in [-0.05, 0) is 11.0 Å². The fourth-order valence-electron chi connectivity index (χ4n) is 1.35. The van der Waals surface area contributed by atoms with Crippen LogP contribution in [-0.4, -0.2) is 27.3 Å². The molecule has 1 N–H and O–H groups in total. The first kappa shape index (κ1) is 16.5. The summed E-state index contributed by atoms with van der Waals surface area (Å²) in [5.74, 6) is -4.61. The lowest BCUT2D eigenvalue weighted by atomic mass is 10.1. The zero-order valence-corrected chi connectivity index (χ0v) is 9.73. The highest BCUT2D eigenvalue weighted by molar-refractivity contribution is 5.71. The van der Waals surface area contributed by atoms with Gasteiger partial charge in [0, 0.05) is 4.98 Å². The number of pyridine rings is 1. The van der Waals surface area contributed by atoms with E-state index in [1.54, 1.807) is 0 Å². The average molecular weight is 316 g/mol. The minimum absolute atomic E-state index is 0.255. The Kier molecular flexibility index (Phi) is 4.60. The highest BCUT2D eigenvalue weighted by Gasteiger charge is 2.38. The van der Waals surface area contributed by atoms with Crippen LogP contribution in [0.25, 0.3) is 0 Å². The maximum Gasteiger partial charge on any atom is 0.575 e. The molecule has 1 aromatic rings. The van der Waals surface area contributed by atoms with Crippen molar-refractivity contribution in [1.82, 2.24) is 4.98 Å². The molecule has 0 aliphatic carbocycles. The summed E-state index contributed by atoms with van der Waals surface area (Å²) in [7, 11) is 0. The lowest BCUT2D eigenvalue weighted by Crippen LogP contribution is -2.20. The van der Waals surface area contributed by atoms with E-state index in [1.807, 2.05) is 0 Å². The molecule has 1 rings (SSSR count). The number of carbonyl (C=O) groups is 1. The van der Waals surface area contributed by atoms with E-state index >= 15 is 0 Å². The zero-order chi connectivity index (χ0) is 16.4. The molecule has 0 radical (unpaired) electrons. The number of carboxylic acids is 1. The topological polar surface area (TPSA) is 103 Å². The predicted octanol–water partition coefficient (Wildman–Crippen LogP) is 2.45. The third-order valence-corrected chi connectivity index (χ3v) is 2.03. The summed E-state index contributed by atoms with van der Waals surface area (Å²) >= 11 is 0. The van der Waals surface area contributed by atoms with E-state index in [0.29, 0.717) is 0 Å². The fourth-order valence-corrected chi connectivity index (χ4v) is 1.35. The standard InChI is InChI=1S/C9H5F5N2O5/c10-6(11)4-1-3(2-5(17)18)7(16(19)20)15-8(4)21-9(12,13)14/h1,6H,2H2,(H,17,18). The monoisotopic (exact) mass is 316 g/mol. The lowest BCUT2D eigenvalue weighted by molar-refractivity contribution is -0.390. The van der Waals surface area contributed by atoms with Gasteiger partial charge < -0.3 is 20.0 Å². The van der Waals surface area contributed by atoms with Gasteiger partial charge >= 0.3 is 24.0 Å². The minimum atomic E-state index is -5.39. The van der Waals surface area contributed by atoms with Crippen LogP contribution in [0.5, 0.6) is 5.88 Å². The Morgan fingerprint density at radius 3 is 2.43 bits per heavy atom. The van der Waals surface area contributed by atoms with E-state index in [-0.39, 0.29) is 6.07 Å². The van der Waals surface area contributed by atoms with Crippen molar-refractivity contribution in [2.24, 2.45) is 0 Å². The smallest absolute Gasteiger partial charge is 0.481 e. The summed E-state index contributed by atoms with van der Waals surface area (Å²) in [6.07, 6.45) is -9.95. The highest BCUT2D eigenvalue weighted by atomic mass is 19.4. The van der Waals surface area contributed by atoms with Gasteiger partial charge in [0.15, 0.2) is 0 Å². The molecule has 0 saturated heterocycles. The number of ether oxygens (including phenoxy) is 1. The van der Waals surface area contributed by atoms with Crippen molar-refractivity contribution in [2.75, 3.05) is 0 Å². The van der Waals surface area contributed by atoms with Gasteiger partial charge in [0.1, 0.15) is 5.56 Å². The van der Waals surface area contributed by atoms with Crippen LogP contribution in [0.15, 0.2) is 6.07 Å². The van der Waals surface area contributed by atoms with E-state index in [2.05, 4.69) is 9.72 Å². The molecule has 12 heteroatoms. The molecule has 7 nitrogen and oxygen atoms in total. The summed E-state index contributed by atoms with van der Waals surface area (Å²) in [6, 6.07) is 0.255. The van der Waals surface area contributed by atoms with E-state index in [0.717, 1.165) is 0 Å². The summed E-state index contributed by atoms with van der Waals surface area (Å²) in [4.78, 5) is 22.6. The Labute approximate surface area is 112 Å². The zero-order valence-electron chi connectivity index (χ0n) is 9.73. The first-order valence-electron chi connectivity index (χ1n) is 4.95. The van der Waals surface area contributed by atoms with E-state index < -0.39 is 52.9 Å². The summed E-state index contributed by atoms with van der Waals surface area (Å²) in [6.45, 7) is 0. The molecule has 0 unspecified atom stereocenters. The third-order valence-electron chi connectivity index (χ3n) is 2.03. The molecular formula is C9H5F5N2O5. The number of nitro groups is 1. The van der Waals surface area contributed by atoms with E-state index in [1.165, 1.54) is 0 Å². The third kappa shape index (κ3) is 4.50. The number of hydrogen-bond acceptors (Lipinski definition) is 5. The van der Waals surface area contributed by atoms with Gasteiger partial charge in [0.2, 0.25) is 0 Å². The number of aliphatic carboxylic acids is 1. The molecule has 0 spiro atoms. The molecule has 21 heavy (non-hydrogen) atoms. The molecule has 0 bridgehead atoms. The molecule has 1 heterocycles. The number of halogens is 5. The van der Waals surface area contributed by atoms with Crippen LogP contribution in [-0.2, 0) is 11.2 Å². The van der Waals surface area contributed by atoms with Crippen LogP contribution >= 0.6 is 0 Å². The van der Waals surface area contributed by atoms with Gasteiger partial charge in [0.05, 0.1) is 12.0 Å². The van der Waals surface area contributed by atoms with E-state index in [9.17, 15) is 36.9 Å². The minimum Gasteiger partial charge on any atom is -0.481 e. The van der Waals surface area contributed by atoms with Crippen LogP contribution < -0.4 is 4.74 Å².